The highest BCUT2D eigenvalue weighted by Crippen LogP contribution is 2.26. The van der Waals surface area contributed by atoms with Crippen LogP contribution in [0.3, 0.4) is 0 Å². The molecule has 1 fully saturated rings. The van der Waals surface area contributed by atoms with E-state index in [9.17, 15) is 0 Å². The lowest BCUT2D eigenvalue weighted by Crippen LogP contribution is -2.36. The van der Waals surface area contributed by atoms with Gasteiger partial charge in [0, 0.05) is 13.0 Å². The topological polar surface area (TPSA) is 64.8 Å². The van der Waals surface area contributed by atoms with Gasteiger partial charge >= 0.3 is 0 Å². The van der Waals surface area contributed by atoms with E-state index in [-0.39, 0.29) is 0 Å². The van der Waals surface area contributed by atoms with E-state index in [1.165, 1.54) is 0 Å². The molecule has 6 heteroatoms. The summed E-state index contributed by atoms with van der Waals surface area (Å²) in [5.74, 6) is 2.53. The molecular formula is C16H21N5S. The summed E-state index contributed by atoms with van der Waals surface area (Å²) in [5.41, 5.74) is 0. The fraction of sp³-hybridized carbons (Fsp3) is 0.562. The summed E-state index contributed by atoms with van der Waals surface area (Å²) >= 11 is 1.67. The number of hydrogen-bond acceptors (Lipinski definition) is 6. The van der Waals surface area contributed by atoms with E-state index in [2.05, 4.69) is 44.6 Å². The summed E-state index contributed by atoms with van der Waals surface area (Å²) in [6.07, 6.45) is 3.15. The number of thiophene rings is 1. The van der Waals surface area contributed by atoms with Gasteiger partial charge in [-0.2, -0.15) is 5.26 Å². The standard InChI is InChI=1S/C16H21N5S/c1-2-14-19-15(13-5-10-22-16(13)20-14)18-11-12-3-7-21(8-4-12)9-6-17/h5,10,12H,2-4,7-9,11H2,1H3,(H,18,19,20). The van der Waals surface area contributed by atoms with E-state index in [1.807, 2.05) is 0 Å². The SMILES string of the molecule is CCc1nc(NCC2CCN(CC#N)CC2)c2ccsc2n1. The van der Waals surface area contributed by atoms with Crippen molar-refractivity contribution in [3.8, 4) is 6.07 Å². The van der Waals surface area contributed by atoms with Crippen LogP contribution in [0.25, 0.3) is 10.2 Å². The number of likely N-dealkylation sites (tertiary alicyclic amines) is 1. The zero-order chi connectivity index (χ0) is 15.4. The van der Waals surface area contributed by atoms with Gasteiger partial charge in [-0.25, -0.2) is 9.97 Å². The predicted molar refractivity (Wildman–Crippen MR) is 90.1 cm³/mol. The van der Waals surface area contributed by atoms with Crippen LogP contribution in [0.5, 0.6) is 0 Å². The van der Waals surface area contributed by atoms with E-state index in [4.69, 9.17) is 5.26 Å². The smallest absolute Gasteiger partial charge is 0.138 e. The molecule has 0 bridgehead atoms. The van der Waals surface area contributed by atoms with E-state index in [0.717, 1.165) is 60.8 Å². The lowest BCUT2D eigenvalue weighted by Gasteiger charge is -2.30. The number of nitriles is 1. The van der Waals surface area contributed by atoms with Crippen LogP contribution in [0.15, 0.2) is 11.4 Å². The second-order valence-electron chi connectivity index (χ2n) is 5.74. The van der Waals surface area contributed by atoms with Crippen LogP contribution in [-0.2, 0) is 6.42 Å². The van der Waals surface area contributed by atoms with Crippen molar-refractivity contribution in [2.75, 3.05) is 31.5 Å². The summed E-state index contributed by atoms with van der Waals surface area (Å²) in [6, 6.07) is 4.33. The molecule has 3 rings (SSSR count). The maximum absolute atomic E-state index is 8.75. The minimum atomic E-state index is 0.557. The summed E-state index contributed by atoms with van der Waals surface area (Å²) in [6.45, 7) is 5.64. The molecule has 1 aliphatic heterocycles. The Morgan fingerprint density at radius 2 is 2.23 bits per heavy atom. The van der Waals surface area contributed by atoms with Gasteiger partial charge in [0.15, 0.2) is 0 Å². The summed E-state index contributed by atoms with van der Waals surface area (Å²) in [5, 5.41) is 15.5. The van der Waals surface area contributed by atoms with E-state index < -0.39 is 0 Å². The third-order valence-electron chi connectivity index (χ3n) is 4.25. The molecule has 5 nitrogen and oxygen atoms in total. The number of rotatable bonds is 5. The number of nitrogens with zero attached hydrogens (tertiary/aromatic N) is 4. The van der Waals surface area contributed by atoms with Gasteiger partial charge in [-0.1, -0.05) is 6.92 Å². The quantitative estimate of drug-likeness (QED) is 0.860. The highest BCUT2D eigenvalue weighted by Gasteiger charge is 2.19. The molecule has 1 saturated heterocycles. The first-order chi connectivity index (χ1) is 10.8. The number of nitrogens with one attached hydrogen (secondary N) is 1. The Morgan fingerprint density at radius 3 is 2.95 bits per heavy atom. The Morgan fingerprint density at radius 1 is 1.41 bits per heavy atom. The van der Waals surface area contributed by atoms with Crippen molar-refractivity contribution in [1.29, 1.82) is 5.26 Å². The van der Waals surface area contributed by atoms with E-state index >= 15 is 0 Å². The van der Waals surface area contributed by atoms with Crippen molar-refractivity contribution < 1.29 is 0 Å². The van der Waals surface area contributed by atoms with Gasteiger partial charge < -0.3 is 5.32 Å². The number of fused-ring (bicyclic) bond motifs is 1. The first kappa shape index (κ1) is 15.2. The van der Waals surface area contributed by atoms with Crippen LogP contribution in [0.2, 0.25) is 0 Å². The molecule has 0 aliphatic carbocycles. The molecule has 2 aromatic rings. The largest absolute Gasteiger partial charge is 0.369 e. The van der Waals surface area contributed by atoms with Crippen LogP contribution < -0.4 is 5.32 Å². The van der Waals surface area contributed by atoms with Crippen molar-refractivity contribution in [3.63, 3.8) is 0 Å². The Kier molecular flexibility index (Phi) is 4.86. The fourth-order valence-electron chi connectivity index (χ4n) is 2.88. The molecule has 0 spiro atoms. The van der Waals surface area contributed by atoms with Crippen LogP contribution >= 0.6 is 11.3 Å². The molecular weight excluding hydrogens is 294 g/mol. The molecule has 0 radical (unpaired) electrons. The Bertz CT molecular complexity index is 667. The van der Waals surface area contributed by atoms with Crippen molar-refractivity contribution >= 4 is 27.4 Å². The van der Waals surface area contributed by atoms with Crippen LogP contribution in [-0.4, -0.2) is 41.0 Å². The Labute approximate surface area is 135 Å². The van der Waals surface area contributed by atoms with Crippen LogP contribution in [0, 0.1) is 17.2 Å². The molecule has 0 amide bonds. The lowest BCUT2D eigenvalue weighted by molar-refractivity contribution is 0.208. The van der Waals surface area contributed by atoms with Crippen molar-refractivity contribution in [1.82, 2.24) is 14.9 Å². The maximum atomic E-state index is 8.75. The number of anilines is 1. The maximum Gasteiger partial charge on any atom is 0.138 e. The van der Waals surface area contributed by atoms with Gasteiger partial charge in [-0.05, 0) is 43.3 Å². The number of aryl methyl sites for hydroxylation is 1. The zero-order valence-corrected chi connectivity index (χ0v) is 13.7. The molecule has 0 saturated carbocycles. The van der Waals surface area contributed by atoms with Gasteiger partial charge in [0.2, 0.25) is 0 Å². The lowest BCUT2D eigenvalue weighted by atomic mass is 9.97. The van der Waals surface area contributed by atoms with Crippen molar-refractivity contribution in [2.24, 2.45) is 5.92 Å². The first-order valence-electron chi connectivity index (χ1n) is 7.87. The summed E-state index contributed by atoms with van der Waals surface area (Å²) in [7, 11) is 0. The summed E-state index contributed by atoms with van der Waals surface area (Å²) in [4.78, 5) is 12.5. The first-order valence-corrected chi connectivity index (χ1v) is 8.75. The summed E-state index contributed by atoms with van der Waals surface area (Å²) < 4.78 is 0. The Balaban J connectivity index is 1.62. The monoisotopic (exact) mass is 315 g/mol. The zero-order valence-electron chi connectivity index (χ0n) is 12.9. The van der Waals surface area contributed by atoms with Gasteiger partial charge in [0.25, 0.3) is 0 Å². The minimum Gasteiger partial charge on any atom is -0.369 e. The number of piperidine rings is 1. The third kappa shape index (κ3) is 3.37. The molecule has 116 valence electrons. The molecule has 1 N–H and O–H groups in total. The highest BCUT2D eigenvalue weighted by atomic mass is 32.1. The van der Waals surface area contributed by atoms with Gasteiger partial charge in [0.05, 0.1) is 18.0 Å². The second-order valence-corrected chi connectivity index (χ2v) is 6.63. The Hall–Kier alpha value is -1.71. The molecule has 22 heavy (non-hydrogen) atoms. The highest BCUT2D eigenvalue weighted by molar-refractivity contribution is 7.16. The van der Waals surface area contributed by atoms with Crippen molar-refractivity contribution in [2.45, 2.75) is 26.2 Å². The molecule has 2 aromatic heterocycles. The number of aromatic nitrogens is 2. The van der Waals surface area contributed by atoms with Gasteiger partial charge in [-0.15, -0.1) is 11.3 Å². The van der Waals surface area contributed by atoms with Gasteiger partial charge in [-0.3, -0.25) is 4.90 Å². The molecule has 0 unspecified atom stereocenters. The average molecular weight is 315 g/mol. The predicted octanol–water partition coefficient (Wildman–Crippen LogP) is 2.90. The van der Waals surface area contributed by atoms with Gasteiger partial charge in [0.1, 0.15) is 16.5 Å². The number of hydrogen-bond donors (Lipinski definition) is 1. The fourth-order valence-corrected chi connectivity index (χ4v) is 3.66. The molecule has 3 heterocycles. The molecule has 1 aliphatic rings. The second kappa shape index (κ2) is 7.03. The van der Waals surface area contributed by atoms with Crippen LogP contribution in [0.1, 0.15) is 25.6 Å². The third-order valence-corrected chi connectivity index (χ3v) is 5.05. The van der Waals surface area contributed by atoms with Crippen LogP contribution in [0.4, 0.5) is 5.82 Å². The minimum absolute atomic E-state index is 0.557. The van der Waals surface area contributed by atoms with Crippen molar-refractivity contribution in [3.05, 3.63) is 17.3 Å². The van der Waals surface area contributed by atoms with E-state index in [1.54, 1.807) is 11.3 Å². The molecule has 0 aromatic carbocycles. The van der Waals surface area contributed by atoms with E-state index in [0.29, 0.717) is 12.5 Å². The molecule has 0 atom stereocenters. The normalized spacial score (nSPS) is 16.7. The average Bonchev–Trinajstić information content (AvgIpc) is 3.02.